The van der Waals surface area contributed by atoms with Gasteiger partial charge in [0.1, 0.15) is 0 Å². The van der Waals surface area contributed by atoms with Gasteiger partial charge < -0.3 is 10.2 Å². The van der Waals surface area contributed by atoms with Crippen LogP contribution in [0.3, 0.4) is 0 Å². The van der Waals surface area contributed by atoms with Crippen LogP contribution in [0, 0.1) is 6.92 Å². The first-order chi connectivity index (χ1) is 10.3. The second-order valence-corrected chi connectivity index (χ2v) is 5.80. The predicted octanol–water partition coefficient (Wildman–Crippen LogP) is 2.80. The number of aromatic nitrogens is 1. The number of nitrogens with one attached hydrogen (secondary N) is 1. The molecule has 1 N–H and O–H groups in total. The molecule has 0 aliphatic carbocycles. The summed E-state index contributed by atoms with van der Waals surface area (Å²) in [4.78, 5) is 6.78. The van der Waals surface area contributed by atoms with Gasteiger partial charge in [-0.15, -0.1) is 0 Å². The molecule has 1 saturated heterocycles. The summed E-state index contributed by atoms with van der Waals surface area (Å²) in [5.41, 5.74) is 3.99. The lowest BCUT2D eigenvalue weighted by atomic mass is 10.1. The van der Waals surface area contributed by atoms with Crippen LogP contribution >= 0.6 is 0 Å². The lowest BCUT2D eigenvalue weighted by molar-refractivity contribution is 0.540. The fourth-order valence-electron chi connectivity index (χ4n) is 3.04. The molecule has 1 atom stereocenters. The summed E-state index contributed by atoms with van der Waals surface area (Å²) in [5, 5.41) is 3.69. The van der Waals surface area contributed by atoms with Crippen molar-refractivity contribution in [2.24, 2.45) is 0 Å². The maximum atomic E-state index is 4.30. The van der Waals surface area contributed by atoms with Crippen LogP contribution in [0.1, 0.15) is 17.5 Å². The molecule has 1 unspecified atom stereocenters. The van der Waals surface area contributed by atoms with E-state index >= 15 is 0 Å². The van der Waals surface area contributed by atoms with Crippen molar-refractivity contribution in [1.82, 2.24) is 10.3 Å². The number of hydrogen-bond donors (Lipinski definition) is 1. The number of benzene rings is 1. The van der Waals surface area contributed by atoms with Crippen LogP contribution in [0.25, 0.3) is 0 Å². The Morgan fingerprint density at radius 3 is 2.90 bits per heavy atom. The lowest BCUT2D eigenvalue weighted by Crippen LogP contribution is -2.39. The van der Waals surface area contributed by atoms with Gasteiger partial charge in [0, 0.05) is 25.3 Å². The first kappa shape index (κ1) is 14.1. The molecule has 2 aromatic rings. The Balaban J connectivity index is 1.73. The summed E-state index contributed by atoms with van der Waals surface area (Å²) < 4.78 is 0. The van der Waals surface area contributed by atoms with Crippen LogP contribution in [0.2, 0.25) is 0 Å². The van der Waals surface area contributed by atoms with Gasteiger partial charge in [0.25, 0.3) is 0 Å². The summed E-state index contributed by atoms with van der Waals surface area (Å²) in [5.74, 6) is 0. The van der Waals surface area contributed by atoms with E-state index in [1.54, 1.807) is 0 Å². The van der Waals surface area contributed by atoms with E-state index in [4.69, 9.17) is 0 Å². The van der Waals surface area contributed by atoms with E-state index in [0.29, 0.717) is 6.04 Å². The predicted molar refractivity (Wildman–Crippen MR) is 87.7 cm³/mol. The van der Waals surface area contributed by atoms with Crippen LogP contribution in [-0.2, 0) is 6.42 Å². The molecule has 1 aromatic carbocycles. The van der Waals surface area contributed by atoms with Crippen molar-refractivity contribution in [3.63, 3.8) is 0 Å². The molecule has 1 aromatic heterocycles. The van der Waals surface area contributed by atoms with Gasteiger partial charge in [-0.3, -0.25) is 4.98 Å². The first-order valence-electron chi connectivity index (χ1n) is 7.76. The van der Waals surface area contributed by atoms with Crippen molar-refractivity contribution in [3.8, 4) is 0 Å². The van der Waals surface area contributed by atoms with Gasteiger partial charge in [-0.25, -0.2) is 0 Å². The van der Waals surface area contributed by atoms with Crippen LogP contribution in [0.4, 0.5) is 5.69 Å². The summed E-state index contributed by atoms with van der Waals surface area (Å²) in [6.07, 6.45) is 6.13. The number of nitrogens with zero attached hydrogens (tertiary/aromatic N) is 2. The van der Waals surface area contributed by atoms with Gasteiger partial charge in [-0.2, -0.15) is 0 Å². The molecule has 0 spiro atoms. The van der Waals surface area contributed by atoms with Gasteiger partial charge in [0.15, 0.2) is 0 Å². The molecular formula is C18H23N3. The number of rotatable bonds is 3. The van der Waals surface area contributed by atoms with Crippen molar-refractivity contribution in [3.05, 3.63) is 59.9 Å². The Hall–Kier alpha value is -1.87. The minimum atomic E-state index is 0.495. The van der Waals surface area contributed by atoms with Gasteiger partial charge in [-0.1, -0.05) is 30.3 Å². The Labute approximate surface area is 127 Å². The number of anilines is 1. The van der Waals surface area contributed by atoms with Crippen molar-refractivity contribution >= 4 is 5.69 Å². The van der Waals surface area contributed by atoms with Gasteiger partial charge in [0.05, 0.1) is 11.9 Å². The maximum absolute atomic E-state index is 4.30. The number of aryl methyl sites for hydroxylation is 1. The van der Waals surface area contributed by atoms with Crippen molar-refractivity contribution in [2.45, 2.75) is 25.8 Å². The molecule has 3 rings (SSSR count). The average molecular weight is 281 g/mol. The fourth-order valence-corrected chi connectivity index (χ4v) is 3.04. The Morgan fingerprint density at radius 1 is 1.24 bits per heavy atom. The topological polar surface area (TPSA) is 28.2 Å². The highest BCUT2D eigenvalue weighted by Crippen LogP contribution is 2.20. The summed E-state index contributed by atoms with van der Waals surface area (Å²) >= 11 is 0. The summed E-state index contributed by atoms with van der Waals surface area (Å²) in [6.45, 7) is 5.40. The van der Waals surface area contributed by atoms with Gasteiger partial charge in [-0.05, 0) is 43.5 Å². The molecular weight excluding hydrogens is 258 g/mol. The second-order valence-electron chi connectivity index (χ2n) is 5.80. The second kappa shape index (κ2) is 6.72. The average Bonchev–Trinajstić information content (AvgIpc) is 2.74. The molecule has 3 nitrogen and oxygen atoms in total. The maximum Gasteiger partial charge on any atom is 0.0582 e. The normalized spacial score (nSPS) is 19.3. The van der Waals surface area contributed by atoms with Gasteiger partial charge >= 0.3 is 0 Å². The minimum Gasteiger partial charge on any atom is -0.368 e. The van der Waals surface area contributed by atoms with E-state index in [-0.39, 0.29) is 0 Å². The van der Waals surface area contributed by atoms with Crippen molar-refractivity contribution in [2.75, 3.05) is 24.5 Å². The van der Waals surface area contributed by atoms with Crippen LogP contribution < -0.4 is 10.2 Å². The highest BCUT2D eigenvalue weighted by Gasteiger charge is 2.19. The van der Waals surface area contributed by atoms with Crippen LogP contribution in [0.5, 0.6) is 0 Å². The third-order valence-corrected chi connectivity index (χ3v) is 4.16. The molecule has 21 heavy (non-hydrogen) atoms. The zero-order chi connectivity index (χ0) is 14.5. The van der Waals surface area contributed by atoms with Crippen molar-refractivity contribution < 1.29 is 0 Å². The number of pyridine rings is 1. The zero-order valence-electron chi connectivity index (χ0n) is 12.6. The first-order valence-corrected chi connectivity index (χ1v) is 7.76. The molecule has 2 heterocycles. The van der Waals surface area contributed by atoms with E-state index in [1.807, 2.05) is 12.4 Å². The van der Waals surface area contributed by atoms with E-state index in [2.05, 4.69) is 58.5 Å². The Kier molecular flexibility index (Phi) is 4.51. The molecule has 1 aliphatic rings. The smallest absolute Gasteiger partial charge is 0.0582 e. The minimum absolute atomic E-state index is 0.495. The van der Waals surface area contributed by atoms with E-state index in [9.17, 15) is 0 Å². The molecule has 3 heteroatoms. The van der Waals surface area contributed by atoms with E-state index < -0.39 is 0 Å². The fraction of sp³-hybridized carbons (Fsp3) is 0.389. The Bertz CT molecular complexity index is 568. The van der Waals surface area contributed by atoms with Crippen LogP contribution in [0.15, 0.2) is 48.8 Å². The summed E-state index contributed by atoms with van der Waals surface area (Å²) in [7, 11) is 0. The molecule has 110 valence electrons. The lowest BCUT2D eigenvalue weighted by Gasteiger charge is -2.27. The zero-order valence-corrected chi connectivity index (χ0v) is 12.6. The highest BCUT2D eigenvalue weighted by molar-refractivity contribution is 5.51. The van der Waals surface area contributed by atoms with E-state index in [1.165, 1.54) is 23.2 Å². The molecule has 1 fully saturated rings. The third-order valence-electron chi connectivity index (χ3n) is 4.16. The van der Waals surface area contributed by atoms with Gasteiger partial charge in [0.2, 0.25) is 0 Å². The monoisotopic (exact) mass is 281 g/mol. The largest absolute Gasteiger partial charge is 0.368 e. The third kappa shape index (κ3) is 3.61. The molecule has 0 amide bonds. The van der Waals surface area contributed by atoms with Crippen molar-refractivity contribution in [1.29, 1.82) is 0 Å². The number of hydrogen-bond acceptors (Lipinski definition) is 3. The molecule has 0 saturated carbocycles. The molecule has 0 radical (unpaired) electrons. The SMILES string of the molecule is Cc1ccncc1N1CCCNC(Cc2ccccc2)C1. The molecule has 1 aliphatic heterocycles. The Morgan fingerprint density at radius 2 is 2.10 bits per heavy atom. The quantitative estimate of drug-likeness (QED) is 0.937. The van der Waals surface area contributed by atoms with E-state index in [0.717, 1.165) is 26.1 Å². The molecule has 0 bridgehead atoms. The summed E-state index contributed by atoms with van der Waals surface area (Å²) in [6, 6.07) is 13.3. The standard InChI is InChI=1S/C18H23N3/c1-15-8-10-19-13-18(15)21-11-5-9-20-17(14-21)12-16-6-3-2-4-7-16/h2-4,6-8,10,13,17,20H,5,9,11-12,14H2,1H3. The highest BCUT2D eigenvalue weighted by atomic mass is 15.2. The van der Waals surface area contributed by atoms with Crippen LogP contribution in [-0.4, -0.2) is 30.7 Å².